The molecular formula is C24H32N4O3. The molecule has 0 aliphatic carbocycles. The summed E-state index contributed by atoms with van der Waals surface area (Å²) in [5, 5.41) is 11.3. The highest BCUT2D eigenvalue weighted by molar-refractivity contribution is 5.84. The van der Waals surface area contributed by atoms with Gasteiger partial charge in [-0.2, -0.15) is 0 Å². The molecule has 166 valence electrons. The van der Waals surface area contributed by atoms with Crippen molar-refractivity contribution in [1.82, 2.24) is 14.5 Å². The Bertz CT molecular complexity index is 1040. The summed E-state index contributed by atoms with van der Waals surface area (Å²) in [4.78, 5) is 18.1. The van der Waals surface area contributed by atoms with Gasteiger partial charge in [0.05, 0.1) is 28.1 Å². The van der Waals surface area contributed by atoms with Crippen molar-refractivity contribution in [2.24, 2.45) is 0 Å². The fourth-order valence-corrected chi connectivity index (χ4v) is 3.75. The summed E-state index contributed by atoms with van der Waals surface area (Å²) in [5.74, 6) is 1.60. The van der Waals surface area contributed by atoms with Gasteiger partial charge in [-0.25, -0.2) is 4.98 Å². The molecule has 0 saturated heterocycles. The van der Waals surface area contributed by atoms with Crippen LogP contribution in [-0.2, 0) is 13.0 Å². The SMILES string of the molecule is CCCOc1cc(CC)ccc1-c1nc2cc([N+](=O)[O-])ccc2n1CCN(CC)CC. The molecule has 0 aliphatic rings. The largest absolute Gasteiger partial charge is 0.493 e. The first-order valence-electron chi connectivity index (χ1n) is 11.1. The predicted molar refractivity (Wildman–Crippen MR) is 125 cm³/mol. The highest BCUT2D eigenvalue weighted by atomic mass is 16.6. The van der Waals surface area contributed by atoms with Gasteiger partial charge in [-0.1, -0.05) is 33.8 Å². The van der Waals surface area contributed by atoms with Crippen molar-refractivity contribution < 1.29 is 9.66 Å². The molecular weight excluding hydrogens is 392 g/mol. The molecule has 0 spiro atoms. The topological polar surface area (TPSA) is 73.4 Å². The van der Waals surface area contributed by atoms with Gasteiger partial charge in [0.2, 0.25) is 0 Å². The monoisotopic (exact) mass is 424 g/mol. The lowest BCUT2D eigenvalue weighted by Gasteiger charge is -2.20. The molecule has 0 amide bonds. The third-order valence-corrected chi connectivity index (χ3v) is 5.63. The van der Waals surface area contributed by atoms with Crippen LogP contribution in [0, 0.1) is 10.1 Å². The lowest BCUT2D eigenvalue weighted by molar-refractivity contribution is -0.384. The van der Waals surface area contributed by atoms with E-state index in [0.29, 0.717) is 12.1 Å². The molecule has 1 heterocycles. The summed E-state index contributed by atoms with van der Waals surface area (Å²) in [6.45, 7) is 12.7. The van der Waals surface area contributed by atoms with Crippen molar-refractivity contribution in [3.63, 3.8) is 0 Å². The van der Waals surface area contributed by atoms with E-state index >= 15 is 0 Å². The van der Waals surface area contributed by atoms with Gasteiger partial charge in [0, 0.05) is 25.2 Å². The van der Waals surface area contributed by atoms with Gasteiger partial charge in [-0.15, -0.1) is 0 Å². The van der Waals surface area contributed by atoms with Crippen LogP contribution >= 0.6 is 0 Å². The van der Waals surface area contributed by atoms with Crippen molar-refractivity contribution in [1.29, 1.82) is 0 Å². The summed E-state index contributed by atoms with van der Waals surface area (Å²) in [6, 6.07) is 11.2. The van der Waals surface area contributed by atoms with E-state index in [1.54, 1.807) is 18.2 Å². The maximum absolute atomic E-state index is 11.3. The molecule has 7 nitrogen and oxygen atoms in total. The van der Waals surface area contributed by atoms with Crippen LogP contribution in [0.1, 0.15) is 39.7 Å². The van der Waals surface area contributed by atoms with Crippen molar-refractivity contribution in [3.05, 3.63) is 52.1 Å². The first-order chi connectivity index (χ1) is 15.0. The zero-order valence-electron chi connectivity index (χ0n) is 18.9. The van der Waals surface area contributed by atoms with E-state index in [1.165, 1.54) is 5.56 Å². The fourth-order valence-electron chi connectivity index (χ4n) is 3.75. The third-order valence-electron chi connectivity index (χ3n) is 5.63. The molecule has 0 N–H and O–H groups in total. The number of rotatable bonds is 11. The van der Waals surface area contributed by atoms with Crippen LogP contribution < -0.4 is 4.74 Å². The second-order valence-corrected chi connectivity index (χ2v) is 7.58. The van der Waals surface area contributed by atoms with Gasteiger partial charge < -0.3 is 14.2 Å². The second kappa shape index (κ2) is 10.4. The smallest absolute Gasteiger partial charge is 0.271 e. The predicted octanol–water partition coefficient (Wildman–Crippen LogP) is 5.30. The first kappa shape index (κ1) is 22.7. The summed E-state index contributed by atoms with van der Waals surface area (Å²) < 4.78 is 8.26. The minimum Gasteiger partial charge on any atom is -0.493 e. The standard InChI is InChI=1S/C24H32N4O3/c1-5-15-31-23-16-18(6-2)9-11-20(23)24-25-21-17-19(28(29)30)10-12-22(21)27(24)14-13-26(7-3)8-4/h9-12,16-17H,5-8,13-15H2,1-4H3. The maximum Gasteiger partial charge on any atom is 0.271 e. The Morgan fingerprint density at radius 1 is 1.10 bits per heavy atom. The van der Waals surface area contributed by atoms with E-state index in [9.17, 15) is 10.1 Å². The highest BCUT2D eigenvalue weighted by Crippen LogP contribution is 2.34. The van der Waals surface area contributed by atoms with Crippen LogP contribution in [0.5, 0.6) is 5.75 Å². The minimum atomic E-state index is -0.375. The number of hydrogen-bond donors (Lipinski definition) is 0. The van der Waals surface area contributed by atoms with E-state index in [4.69, 9.17) is 9.72 Å². The Balaban J connectivity index is 2.15. The van der Waals surface area contributed by atoms with E-state index in [-0.39, 0.29) is 10.6 Å². The molecule has 0 radical (unpaired) electrons. The quantitative estimate of drug-likeness (QED) is 0.308. The number of ether oxygens (including phenoxy) is 1. The van der Waals surface area contributed by atoms with Crippen molar-refractivity contribution in [2.45, 2.75) is 47.1 Å². The number of fused-ring (bicyclic) bond motifs is 1. The van der Waals surface area contributed by atoms with E-state index in [2.05, 4.69) is 55.4 Å². The number of likely N-dealkylation sites (N-methyl/N-ethyl adjacent to an activating group) is 1. The minimum absolute atomic E-state index is 0.0521. The number of nitro groups is 1. The molecule has 0 saturated carbocycles. The summed E-state index contributed by atoms with van der Waals surface area (Å²) in [5.41, 5.74) is 3.70. The Morgan fingerprint density at radius 3 is 2.52 bits per heavy atom. The fraction of sp³-hybridized carbons (Fsp3) is 0.458. The maximum atomic E-state index is 11.3. The van der Waals surface area contributed by atoms with Crippen LogP contribution in [0.15, 0.2) is 36.4 Å². The zero-order valence-corrected chi connectivity index (χ0v) is 18.9. The number of nitrogens with zero attached hydrogens (tertiary/aromatic N) is 4. The number of nitro benzene ring substituents is 1. The molecule has 3 aromatic rings. The van der Waals surface area contributed by atoms with Gasteiger partial charge in [-0.3, -0.25) is 10.1 Å². The number of imidazole rings is 1. The van der Waals surface area contributed by atoms with Gasteiger partial charge >= 0.3 is 0 Å². The Morgan fingerprint density at radius 2 is 1.87 bits per heavy atom. The van der Waals surface area contributed by atoms with Crippen molar-refractivity contribution in [2.75, 3.05) is 26.2 Å². The molecule has 1 aromatic heterocycles. The average molecular weight is 425 g/mol. The molecule has 0 bridgehead atoms. The van der Waals surface area contributed by atoms with Gasteiger partial charge in [0.15, 0.2) is 0 Å². The van der Waals surface area contributed by atoms with Crippen LogP contribution in [0.4, 0.5) is 5.69 Å². The molecule has 31 heavy (non-hydrogen) atoms. The zero-order chi connectivity index (χ0) is 22.4. The molecule has 7 heteroatoms. The summed E-state index contributed by atoms with van der Waals surface area (Å²) in [6.07, 6.45) is 1.84. The summed E-state index contributed by atoms with van der Waals surface area (Å²) in [7, 11) is 0. The van der Waals surface area contributed by atoms with Crippen molar-refractivity contribution in [3.8, 4) is 17.1 Å². The molecule has 0 atom stereocenters. The molecule has 0 aliphatic heterocycles. The lowest BCUT2D eigenvalue weighted by Crippen LogP contribution is -2.27. The number of non-ortho nitro benzene ring substituents is 1. The summed E-state index contributed by atoms with van der Waals surface area (Å²) >= 11 is 0. The van der Waals surface area contributed by atoms with E-state index in [0.717, 1.165) is 61.7 Å². The van der Waals surface area contributed by atoms with E-state index < -0.39 is 0 Å². The Kier molecular flexibility index (Phi) is 7.63. The molecule has 2 aromatic carbocycles. The molecule has 3 rings (SSSR count). The number of hydrogen-bond acceptors (Lipinski definition) is 5. The van der Waals surface area contributed by atoms with Crippen LogP contribution in [0.25, 0.3) is 22.4 Å². The van der Waals surface area contributed by atoms with Crippen LogP contribution in [0.2, 0.25) is 0 Å². The Labute approximate surface area is 183 Å². The van der Waals surface area contributed by atoms with Crippen LogP contribution in [0.3, 0.4) is 0 Å². The van der Waals surface area contributed by atoms with Gasteiger partial charge in [0.25, 0.3) is 5.69 Å². The first-order valence-corrected chi connectivity index (χ1v) is 11.1. The highest BCUT2D eigenvalue weighted by Gasteiger charge is 2.19. The van der Waals surface area contributed by atoms with Crippen LogP contribution in [-0.4, -0.2) is 45.6 Å². The molecule has 0 fully saturated rings. The molecule has 0 unspecified atom stereocenters. The third kappa shape index (κ3) is 5.05. The van der Waals surface area contributed by atoms with E-state index in [1.807, 2.05) is 0 Å². The lowest BCUT2D eigenvalue weighted by atomic mass is 10.1. The number of benzene rings is 2. The Hall–Kier alpha value is -2.93. The van der Waals surface area contributed by atoms with Gasteiger partial charge in [0.1, 0.15) is 11.6 Å². The normalized spacial score (nSPS) is 11.4. The van der Waals surface area contributed by atoms with Crippen molar-refractivity contribution >= 4 is 16.7 Å². The number of aromatic nitrogens is 2. The second-order valence-electron chi connectivity index (χ2n) is 7.58. The van der Waals surface area contributed by atoms with Gasteiger partial charge in [-0.05, 0) is 49.7 Å². The average Bonchev–Trinajstić information content (AvgIpc) is 3.15. The number of aryl methyl sites for hydroxylation is 1.